The summed E-state index contributed by atoms with van der Waals surface area (Å²) in [6, 6.07) is 11.5. The Morgan fingerprint density at radius 2 is 1.79 bits per heavy atom. The molecule has 8 heteroatoms. The van der Waals surface area contributed by atoms with Crippen LogP contribution in [0.4, 0.5) is 11.4 Å². The van der Waals surface area contributed by atoms with Gasteiger partial charge in [-0.1, -0.05) is 35.3 Å². The average molecular weight is 387 g/mol. The molecule has 0 heterocycles. The second-order valence-electron chi connectivity index (χ2n) is 5.26. The van der Waals surface area contributed by atoms with Crippen molar-refractivity contribution in [1.29, 1.82) is 0 Å². The highest BCUT2D eigenvalue weighted by atomic mass is 35.5. The van der Waals surface area contributed by atoms with Gasteiger partial charge in [0.25, 0.3) is 0 Å². The maximum Gasteiger partial charge on any atom is 0.245 e. The van der Waals surface area contributed by atoms with Crippen LogP contribution in [-0.4, -0.2) is 27.1 Å². The maximum absolute atomic E-state index is 12.3. The van der Waals surface area contributed by atoms with E-state index in [0.717, 1.165) is 10.6 Å². The number of anilines is 2. The van der Waals surface area contributed by atoms with Gasteiger partial charge < -0.3 is 5.32 Å². The predicted octanol–water partition coefficient (Wildman–Crippen LogP) is 3.71. The molecule has 128 valence electrons. The third-order valence-electron chi connectivity index (χ3n) is 3.24. The molecule has 2 rings (SSSR count). The van der Waals surface area contributed by atoms with Gasteiger partial charge in [-0.05, 0) is 42.8 Å². The van der Waals surface area contributed by atoms with Crippen LogP contribution in [0.5, 0.6) is 0 Å². The number of amides is 1. The van der Waals surface area contributed by atoms with Gasteiger partial charge in [0.05, 0.1) is 11.9 Å². The molecule has 0 radical (unpaired) electrons. The minimum absolute atomic E-state index is 0.367. The fourth-order valence-electron chi connectivity index (χ4n) is 2.13. The van der Waals surface area contributed by atoms with Crippen molar-refractivity contribution in [3.8, 4) is 0 Å². The second-order valence-corrected chi connectivity index (χ2v) is 8.04. The first-order valence-electron chi connectivity index (χ1n) is 6.96. The average Bonchev–Trinajstić information content (AvgIpc) is 2.46. The van der Waals surface area contributed by atoms with Crippen LogP contribution < -0.4 is 9.62 Å². The molecule has 0 saturated carbocycles. The number of nitrogens with zero attached hydrogens (tertiary/aromatic N) is 1. The lowest BCUT2D eigenvalue weighted by Gasteiger charge is -2.23. The van der Waals surface area contributed by atoms with Gasteiger partial charge in [-0.2, -0.15) is 0 Å². The van der Waals surface area contributed by atoms with Crippen LogP contribution in [0.15, 0.2) is 42.5 Å². The molecule has 1 N–H and O–H groups in total. The molecule has 0 atom stereocenters. The van der Waals surface area contributed by atoms with Gasteiger partial charge in [-0.25, -0.2) is 8.42 Å². The number of benzene rings is 2. The molecule has 0 fully saturated rings. The van der Waals surface area contributed by atoms with Crippen LogP contribution in [0.2, 0.25) is 10.0 Å². The number of hydrogen-bond donors (Lipinski definition) is 1. The molecule has 0 spiro atoms. The standard InChI is InChI=1S/C16H16Cl2N2O3S/c1-11-6-7-13(18)9-15(11)20(24(2,22)23)10-16(21)19-14-5-3-4-12(17)8-14/h3-9H,10H2,1-2H3,(H,19,21). The Hall–Kier alpha value is -1.76. The highest BCUT2D eigenvalue weighted by Crippen LogP contribution is 2.26. The zero-order valence-electron chi connectivity index (χ0n) is 13.1. The monoisotopic (exact) mass is 386 g/mol. The number of aryl methyl sites for hydroxylation is 1. The van der Waals surface area contributed by atoms with Crippen molar-refractivity contribution in [3.05, 3.63) is 58.1 Å². The van der Waals surface area contributed by atoms with Crippen LogP contribution in [0.25, 0.3) is 0 Å². The predicted molar refractivity (Wildman–Crippen MR) is 98.5 cm³/mol. The van der Waals surface area contributed by atoms with Gasteiger partial charge in [-0.3, -0.25) is 9.10 Å². The highest BCUT2D eigenvalue weighted by Gasteiger charge is 2.22. The van der Waals surface area contributed by atoms with Gasteiger partial charge in [0.1, 0.15) is 6.54 Å². The van der Waals surface area contributed by atoms with Crippen molar-refractivity contribution in [3.63, 3.8) is 0 Å². The Labute approximate surface area is 151 Å². The first-order valence-corrected chi connectivity index (χ1v) is 9.56. The summed E-state index contributed by atoms with van der Waals surface area (Å²) in [5.41, 5.74) is 1.55. The molecule has 0 unspecified atom stereocenters. The molecule has 5 nitrogen and oxygen atoms in total. The quantitative estimate of drug-likeness (QED) is 0.851. The molecule has 0 saturated heterocycles. The lowest BCUT2D eigenvalue weighted by Crippen LogP contribution is -2.37. The molecule has 2 aromatic carbocycles. The van der Waals surface area contributed by atoms with Crippen molar-refractivity contribution in [1.82, 2.24) is 0 Å². The summed E-state index contributed by atoms with van der Waals surface area (Å²) in [6.45, 7) is 1.38. The van der Waals surface area contributed by atoms with Gasteiger partial charge in [0.2, 0.25) is 15.9 Å². The molecular formula is C16H16Cl2N2O3S. The first kappa shape index (κ1) is 18.6. The second kappa shape index (κ2) is 7.42. The molecule has 1 amide bonds. The minimum Gasteiger partial charge on any atom is -0.324 e. The number of nitrogens with one attached hydrogen (secondary N) is 1. The van der Waals surface area contributed by atoms with Crippen LogP contribution in [-0.2, 0) is 14.8 Å². The molecule has 0 aliphatic rings. The summed E-state index contributed by atoms with van der Waals surface area (Å²) in [5, 5.41) is 3.49. The third kappa shape index (κ3) is 4.87. The number of halogens is 2. The summed E-state index contributed by atoms with van der Waals surface area (Å²) in [5.74, 6) is -0.484. The van der Waals surface area contributed by atoms with E-state index in [0.29, 0.717) is 27.0 Å². The molecule has 0 bridgehead atoms. The molecule has 24 heavy (non-hydrogen) atoms. The highest BCUT2D eigenvalue weighted by molar-refractivity contribution is 7.92. The van der Waals surface area contributed by atoms with E-state index >= 15 is 0 Å². The summed E-state index contributed by atoms with van der Waals surface area (Å²) in [7, 11) is -3.66. The van der Waals surface area contributed by atoms with Crippen LogP contribution >= 0.6 is 23.2 Å². The van der Waals surface area contributed by atoms with E-state index in [1.54, 1.807) is 43.3 Å². The fourth-order valence-corrected chi connectivity index (χ4v) is 3.39. The molecule has 0 aliphatic heterocycles. The molecular weight excluding hydrogens is 371 g/mol. The van der Waals surface area contributed by atoms with Gasteiger partial charge in [0, 0.05) is 15.7 Å². The molecule has 0 aromatic heterocycles. The van der Waals surface area contributed by atoms with Gasteiger partial charge in [-0.15, -0.1) is 0 Å². The number of rotatable bonds is 5. The zero-order chi connectivity index (χ0) is 17.9. The summed E-state index contributed by atoms with van der Waals surface area (Å²) in [6.07, 6.45) is 1.04. The van der Waals surface area contributed by atoms with Gasteiger partial charge >= 0.3 is 0 Å². The van der Waals surface area contributed by atoms with Crippen LogP contribution in [0, 0.1) is 6.92 Å². The minimum atomic E-state index is -3.66. The van der Waals surface area contributed by atoms with E-state index in [-0.39, 0.29) is 6.54 Å². The Bertz CT molecular complexity index is 869. The summed E-state index contributed by atoms with van der Waals surface area (Å²) >= 11 is 11.8. The van der Waals surface area contributed by atoms with Crippen molar-refractivity contribution in [2.75, 3.05) is 22.4 Å². The SMILES string of the molecule is Cc1ccc(Cl)cc1N(CC(=O)Nc1cccc(Cl)c1)S(C)(=O)=O. The largest absolute Gasteiger partial charge is 0.324 e. The topological polar surface area (TPSA) is 66.5 Å². The van der Waals surface area contributed by atoms with E-state index in [1.807, 2.05) is 0 Å². The first-order chi connectivity index (χ1) is 11.2. The molecule has 2 aromatic rings. The van der Waals surface area contributed by atoms with E-state index in [1.165, 1.54) is 6.07 Å². The number of carbonyl (C=O) groups excluding carboxylic acids is 1. The lowest BCUT2D eigenvalue weighted by molar-refractivity contribution is -0.114. The Kier molecular flexibility index (Phi) is 5.74. The normalized spacial score (nSPS) is 11.2. The fraction of sp³-hybridized carbons (Fsp3) is 0.188. The molecule has 0 aliphatic carbocycles. The van der Waals surface area contributed by atoms with E-state index in [9.17, 15) is 13.2 Å². The maximum atomic E-state index is 12.3. The third-order valence-corrected chi connectivity index (χ3v) is 4.83. The number of carbonyl (C=O) groups is 1. The zero-order valence-corrected chi connectivity index (χ0v) is 15.4. The van der Waals surface area contributed by atoms with E-state index < -0.39 is 15.9 Å². The smallest absolute Gasteiger partial charge is 0.245 e. The van der Waals surface area contributed by atoms with Crippen molar-refractivity contribution in [2.24, 2.45) is 0 Å². The number of sulfonamides is 1. The van der Waals surface area contributed by atoms with Crippen molar-refractivity contribution >= 4 is 50.5 Å². The van der Waals surface area contributed by atoms with Crippen LogP contribution in [0.1, 0.15) is 5.56 Å². The van der Waals surface area contributed by atoms with E-state index in [2.05, 4.69) is 5.32 Å². The lowest BCUT2D eigenvalue weighted by atomic mass is 10.2. The van der Waals surface area contributed by atoms with Crippen molar-refractivity contribution < 1.29 is 13.2 Å². The van der Waals surface area contributed by atoms with Crippen molar-refractivity contribution in [2.45, 2.75) is 6.92 Å². The van der Waals surface area contributed by atoms with Crippen LogP contribution in [0.3, 0.4) is 0 Å². The Balaban J connectivity index is 2.27. The summed E-state index contributed by atoms with van der Waals surface area (Å²) < 4.78 is 25.3. The van der Waals surface area contributed by atoms with E-state index in [4.69, 9.17) is 23.2 Å². The summed E-state index contributed by atoms with van der Waals surface area (Å²) in [4.78, 5) is 12.3. The number of hydrogen-bond acceptors (Lipinski definition) is 3. The van der Waals surface area contributed by atoms with Gasteiger partial charge in [0.15, 0.2) is 0 Å². The Morgan fingerprint density at radius 3 is 2.42 bits per heavy atom. The Morgan fingerprint density at radius 1 is 1.12 bits per heavy atom.